The molecule has 2 aromatic carbocycles. The van der Waals surface area contributed by atoms with E-state index in [1.807, 2.05) is 42.5 Å². The van der Waals surface area contributed by atoms with E-state index in [4.69, 9.17) is 14.2 Å². The van der Waals surface area contributed by atoms with Crippen molar-refractivity contribution >= 4 is 0 Å². The minimum Gasteiger partial charge on any atom is -0.497 e. The maximum atomic E-state index is 10.3. The lowest BCUT2D eigenvalue weighted by molar-refractivity contribution is -0.0459. The van der Waals surface area contributed by atoms with E-state index in [1.165, 1.54) is 5.56 Å². The number of rotatable bonds is 7. The van der Waals surface area contributed by atoms with Crippen molar-refractivity contribution in [3.05, 3.63) is 60.2 Å². The van der Waals surface area contributed by atoms with Crippen LogP contribution in [0.1, 0.15) is 11.7 Å². The Hall–Kier alpha value is -2.08. The van der Waals surface area contributed by atoms with Crippen LogP contribution in [0.15, 0.2) is 54.6 Å². The summed E-state index contributed by atoms with van der Waals surface area (Å²) in [6, 6.07) is 17.6. The average molecular weight is 343 g/mol. The standard InChI is InChI=1S/C20H25NO4/c1-23-18-7-9-19(10-8-18)25-15-17(22)13-21-11-12-24-20(14-21)16-5-3-2-4-6-16/h2-10,17,20,22H,11-15H2,1H3/t17-,20+/m0/s1. The molecule has 1 fully saturated rings. The number of morpholine rings is 1. The summed E-state index contributed by atoms with van der Waals surface area (Å²) in [6.07, 6.45) is -0.485. The summed E-state index contributed by atoms with van der Waals surface area (Å²) in [5.74, 6) is 1.51. The lowest BCUT2D eigenvalue weighted by Crippen LogP contribution is -2.43. The minimum atomic E-state index is -0.545. The van der Waals surface area contributed by atoms with Crippen LogP contribution in [0.5, 0.6) is 11.5 Å². The van der Waals surface area contributed by atoms with Gasteiger partial charge in [0.25, 0.3) is 0 Å². The van der Waals surface area contributed by atoms with E-state index in [9.17, 15) is 5.11 Å². The van der Waals surface area contributed by atoms with Crippen LogP contribution in [0, 0.1) is 0 Å². The number of β-amino-alcohol motifs (C(OH)–C–C–N with tert-alkyl or cyclic N) is 1. The molecule has 0 saturated carbocycles. The molecule has 0 spiro atoms. The molecule has 1 heterocycles. The minimum absolute atomic E-state index is 0.0599. The number of benzene rings is 2. The van der Waals surface area contributed by atoms with Gasteiger partial charge in [-0.25, -0.2) is 0 Å². The largest absolute Gasteiger partial charge is 0.497 e. The van der Waals surface area contributed by atoms with Crippen LogP contribution in [0.4, 0.5) is 0 Å². The fraction of sp³-hybridized carbons (Fsp3) is 0.400. The van der Waals surface area contributed by atoms with Gasteiger partial charge in [0.1, 0.15) is 24.2 Å². The molecule has 0 amide bonds. The van der Waals surface area contributed by atoms with Crippen molar-refractivity contribution in [1.82, 2.24) is 4.90 Å². The fourth-order valence-corrected chi connectivity index (χ4v) is 2.95. The summed E-state index contributed by atoms with van der Waals surface area (Å²) >= 11 is 0. The van der Waals surface area contributed by atoms with Crippen LogP contribution in [-0.4, -0.2) is 56.1 Å². The Bertz CT molecular complexity index is 632. The van der Waals surface area contributed by atoms with E-state index < -0.39 is 6.10 Å². The van der Waals surface area contributed by atoms with E-state index in [0.717, 1.165) is 24.6 Å². The molecule has 0 aromatic heterocycles. The third-order valence-electron chi connectivity index (χ3n) is 4.29. The Morgan fingerprint density at radius 1 is 1.12 bits per heavy atom. The molecule has 2 atom stereocenters. The van der Waals surface area contributed by atoms with E-state index >= 15 is 0 Å². The first kappa shape index (κ1) is 17.7. The molecule has 0 radical (unpaired) electrons. The van der Waals surface area contributed by atoms with Crippen molar-refractivity contribution in [2.24, 2.45) is 0 Å². The fourth-order valence-electron chi connectivity index (χ4n) is 2.95. The second kappa shape index (κ2) is 8.85. The summed E-state index contributed by atoms with van der Waals surface area (Å²) in [6.45, 7) is 3.11. The molecular formula is C20H25NO4. The number of nitrogens with zero attached hydrogens (tertiary/aromatic N) is 1. The zero-order chi connectivity index (χ0) is 17.5. The van der Waals surface area contributed by atoms with Gasteiger partial charge in [-0.2, -0.15) is 0 Å². The number of aliphatic hydroxyl groups is 1. The maximum absolute atomic E-state index is 10.3. The van der Waals surface area contributed by atoms with Gasteiger partial charge in [0.05, 0.1) is 19.8 Å². The van der Waals surface area contributed by atoms with Crippen molar-refractivity contribution in [2.75, 3.05) is 40.0 Å². The number of ether oxygens (including phenoxy) is 3. The van der Waals surface area contributed by atoms with Gasteiger partial charge >= 0.3 is 0 Å². The van der Waals surface area contributed by atoms with Gasteiger partial charge in [-0.05, 0) is 29.8 Å². The van der Waals surface area contributed by atoms with Gasteiger partial charge in [-0.3, -0.25) is 4.90 Å². The molecular weight excluding hydrogens is 318 g/mol. The molecule has 0 bridgehead atoms. The second-order valence-corrected chi connectivity index (χ2v) is 6.17. The van der Waals surface area contributed by atoms with Crippen molar-refractivity contribution in [1.29, 1.82) is 0 Å². The predicted molar refractivity (Wildman–Crippen MR) is 96.1 cm³/mol. The molecule has 1 aliphatic heterocycles. The third kappa shape index (κ3) is 5.19. The number of hydrogen-bond acceptors (Lipinski definition) is 5. The first-order chi connectivity index (χ1) is 12.2. The van der Waals surface area contributed by atoms with Gasteiger partial charge in [0, 0.05) is 19.6 Å². The Kier molecular flexibility index (Phi) is 6.28. The van der Waals surface area contributed by atoms with Crippen LogP contribution in [0.2, 0.25) is 0 Å². The Labute approximate surface area is 148 Å². The molecule has 5 heteroatoms. The predicted octanol–water partition coefficient (Wildman–Crippen LogP) is 2.51. The van der Waals surface area contributed by atoms with E-state index in [2.05, 4.69) is 17.0 Å². The highest BCUT2D eigenvalue weighted by molar-refractivity contribution is 5.31. The van der Waals surface area contributed by atoms with Crippen LogP contribution in [0.3, 0.4) is 0 Å². The van der Waals surface area contributed by atoms with Gasteiger partial charge in [0.2, 0.25) is 0 Å². The molecule has 2 aromatic rings. The summed E-state index contributed by atoms with van der Waals surface area (Å²) in [5.41, 5.74) is 1.18. The van der Waals surface area contributed by atoms with Gasteiger partial charge in [-0.1, -0.05) is 30.3 Å². The summed E-state index contributed by atoms with van der Waals surface area (Å²) < 4.78 is 16.6. The number of aliphatic hydroxyl groups excluding tert-OH is 1. The lowest BCUT2D eigenvalue weighted by Gasteiger charge is -2.34. The smallest absolute Gasteiger partial charge is 0.119 e. The Morgan fingerprint density at radius 2 is 1.84 bits per heavy atom. The molecule has 25 heavy (non-hydrogen) atoms. The van der Waals surface area contributed by atoms with Gasteiger partial charge in [0.15, 0.2) is 0 Å². The average Bonchev–Trinajstić information content (AvgIpc) is 2.68. The Balaban J connectivity index is 1.46. The molecule has 1 N–H and O–H groups in total. The van der Waals surface area contributed by atoms with Gasteiger partial charge in [-0.15, -0.1) is 0 Å². The quantitative estimate of drug-likeness (QED) is 0.837. The normalized spacial score (nSPS) is 19.4. The van der Waals surface area contributed by atoms with Crippen LogP contribution >= 0.6 is 0 Å². The monoisotopic (exact) mass is 343 g/mol. The molecule has 0 aliphatic carbocycles. The molecule has 3 rings (SSSR count). The van der Waals surface area contributed by atoms with Crippen molar-refractivity contribution < 1.29 is 19.3 Å². The van der Waals surface area contributed by atoms with Crippen molar-refractivity contribution in [2.45, 2.75) is 12.2 Å². The topological polar surface area (TPSA) is 51.2 Å². The van der Waals surface area contributed by atoms with Crippen LogP contribution < -0.4 is 9.47 Å². The Morgan fingerprint density at radius 3 is 2.56 bits per heavy atom. The molecule has 0 unspecified atom stereocenters. The van der Waals surface area contributed by atoms with E-state index in [0.29, 0.717) is 13.2 Å². The highest BCUT2D eigenvalue weighted by atomic mass is 16.5. The second-order valence-electron chi connectivity index (χ2n) is 6.17. The van der Waals surface area contributed by atoms with E-state index in [-0.39, 0.29) is 12.7 Å². The number of hydrogen-bond donors (Lipinski definition) is 1. The van der Waals surface area contributed by atoms with Crippen molar-refractivity contribution in [3.8, 4) is 11.5 Å². The van der Waals surface area contributed by atoms with Crippen LogP contribution in [-0.2, 0) is 4.74 Å². The maximum Gasteiger partial charge on any atom is 0.119 e. The van der Waals surface area contributed by atoms with E-state index in [1.54, 1.807) is 7.11 Å². The van der Waals surface area contributed by atoms with Crippen LogP contribution in [0.25, 0.3) is 0 Å². The summed E-state index contributed by atoms with van der Waals surface area (Å²) in [5, 5.41) is 10.3. The van der Waals surface area contributed by atoms with Gasteiger partial charge < -0.3 is 19.3 Å². The zero-order valence-corrected chi connectivity index (χ0v) is 14.5. The third-order valence-corrected chi connectivity index (χ3v) is 4.29. The highest BCUT2D eigenvalue weighted by Crippen LogP contribution is 2.22. The first-order valence-corrected chi connectivity index (χ1v) is 8.58. The molecule has 134 valence electrons. The lowest BCUT2D eigenvalue weighted by atomic mass is 10.1. The zero-order valence-electron chi connectivity index (χ0n) is 14.5. The molecule has 5 nitrogen and oxygen atoms in total. The molecule has 1 saturated heterocycles. The molecule has 1 aliphatic rings. The summed E-state index contributed by atoms with van der Waals surface area (Å²) in [7, 11) is 1.63. The first-order valence-electron chi connectivity index (χ1n) is 8.58. The number of methoxy groups -OCH3 is 1. The summed E-state index contributed by atoms with van der Waals surface area (Å²) in [4.78, 5) is 2.23. The van der Waals surface area contributed by atoms with Crippen molar-refractivity contribution in [3.63, 3.8) is 0 Å². The highest BCUT2D eigenvalue weighted by Gasteiger charge is 2.23. The SMILES string of the molecule is COc1ccc(OC[C@@H](O)CN2CCO[C@@H](c3ccccc3)C2)cc1.